The molecule has 1 aliphatic rings. The second-order valence-electron chi connectivity index (χ2n) is 10.5. The first-order valence-corrected chi connectivity index (χ1v) is 14.6. The van der Waals surface area contributed by atoms with Crippen molar-refractivity contribution in [3.8, 4) is 17.1 Å². The van der Waals surface area contributed by atoms with E-state index in [1.807, 2.05) is 60.0 Å². The van der Waals surface area contributed by atoms with Gasteiger partial charge in [-0.15, -0.1) is 0 Å². The van der Waals surface area contributed by atoms with E-state index in [1.54, 1.807) is 18.2 Å². The lowest BCUT2D eigenvalue weighted by Crippen LogP contribution is -2.26. The number of fused-ring (bicyclic) bond motifs is 1. The lowest BCUT2D eigenvalue weighted by Gasteiger charge is -2.22. The lowest BCUT2D eigenvalue weighted by molar-refractivity contribution is -0.0914. The zero-order valence-corrected chi connectivity index (χ0v) is 24.4. The predicted molar refractivity (Wildman–Crippen MR) is 162 cm³/mol. The van der Waals surface area contributed by atoms with E-state index in [4.69, 9.17) is 30.1 Å². The summed E-state index contributed by atoms with van der Waals surface area (Å²) in [7, 11) is 0. The molecule has 10 nitrogen and oxygen atoms in total. The number of nitrogens with two attached hydrogens (primary N) is 1. The molecule has 0 radical (unpaired) electrons. The molecule has 1 atom stereocenters. The van der Waals surface area contributed by atoms with Crippen molar-refractivity contribution in [1.82, 2.24) is 9.55 Å². The molecule has 4 aromatic rings. The Morgan fingerprint density at radius 1 is 0.977 bits per heavy atom. The summed E-state index contributed by atoms with van der Waals surface area (Å²) in [5, 5.41) is 7.91. The van der Waals surface area contributed by atoms with Gasteiger partial charge in [0.15, 0.2) is 0 Å². The Morgan fingerprint density at radius 2 is 1.70 bits per heavy atom. The summed E-state index contributed by atoms with van der Waals surface area (Å²) in [6.45, 7) is 4.10. The fourth-order valence-electron chi connectivity index (χ4n) is 5.38. The summed E-state index contributed by atoms with van der Waals surface area (Å²) in [5.74, 6) is -0.657. The molecule has 1 unspecified atom stereocenters. The van der Waals surface area contributed by atoms with E-state index in [2.05, 4.69) is 4.98 Å². The van der Waals surface area contributed by atoms with Crippen LogP contribution in [-0.2, 0) is 20.8 Å². The van der Waals surface area contributed by atoms with Gasteiger partial charge < -0.3 is 24.7 Å². The quantitative estimate of drug-likeness (QED) is 0.0942. The third kappa shape index (κ3) is 6.97. The Labute approximate surface area is 250 Å². The molecule has 224 valence electrons. The van der Waals surface area contributed by atoms with Crippen molar-refractivity contribution in [2.75, 3.05) is 6.61 Å². The van der Waals surface area contributed by atoms with E-state index in [0.29, 0.717) is 35.8 Å². The van der Waals surface area contributed by atoms with Crippen LogP contribution in [0.15, 0.2) is 66.7 Å². The molecule has 1 saturated carbocycles. The fourth-order valence-corrected chi connectivity index (χ4v) is 5.38. The molecule has 0 amide bonds. The largest absolute Gasteiger partial charge is 0.511 e. The minimum absolute atomic E-state index is 0.00571. The van der Waals surface area contributed by atoms with Crippen LogP contribution >= 0.6 is 0 Å². The topological polar surface area (TPSA) is 139 Å². The normalized spacial score (nSPS) is 14.2. The number of nitrogens with zero attached hydrogens (tertiary/aromatic N) is 2. The number of nitrogens with one attached hydrogen (secondary N) is 1. The number of hydrogen-bond acceptors (Lipinski definition) is 8. The minimum atomic E-state index is -1.15. The molecule has 5 rings (SSSR count). The monoisotopic (exact) mass is 584 g/mol. The Hall–Kier alpha value is -4.86. The van der Waals surface area contributed by atoms with Gasteiger partial charge >= 0.3 is 12.1 Å². The molecule has 0 aliphatic heterocycles. The summed E-state index contributed by atoms with van der Waals surface area (Å²) in [6, 6.07) is 20.9. The molecule has 3 aromatic carbocycles. The molecule has 3 N–H and O–H groups in total. The summed E-state index contributed by atoms with van der Waals surface area (Å²) < 4.78 is 23.8. The number of aromatic nitrogens is 2. The van der Waals surface area contributed by atoms with Gasteiger partial charge in [-0.2, -0.15) is 4.98 Å². The van der Waals surface area contributed by atoms with Gasteiger partial charge in [-0.25, -0.2) is 9.59 Å². The van der Waals surface area contributed by atoms with Crippen LogP contribution in [0.2, 0.25) is 0 Å². The second-order valence-corrected chi connectivity index (χ2v) is 10.5. The molecule has 1 aliphatic carbocycles. The fraction of sp³-hybridized carbons (Fsp3) is 0.333. The molecule has 0 spiro atoms. The van der Waals surface area contributed by atoms with E-state index in [9.17, 15) is 9.59 Å². The van der Waals surface area contributed by atoms with Crippen LogP contribution in [0.5, 0.6) is 6.01 Å². The van der Waals surface area contributed by atoms with E-state index in [1.165, 1.54) is 6.92 Å². The van der Waals surface area contributed by atoms with Crippen LogP contribution in [0.3, 0.4) is 0 Å². The van der Waals surface area contributed by atoms with E-state index >= 15 is 0 Å². The molecule has 43 heavy (non-hydrogen) atoms. The average molecular weight is 585 g/mol. The third-order valence-electron chi connectivity index (χ3n) is 7.40. The molecule has 10 heteroatoms. The Morgan fingerprint density at radius 3 is 2.42 bits per heavy atom. The minimum Gasteiger partial charge on any atom is -0.465 e. The molecule has 0 bridgehead atoms. The number of esters is 1. The molecular formula is C33H36N4O6. The number of carbonyl (C=O) groups excluding carboxylic acids is 2. The van der Waals surface area contributed by atoms with Crippen LogP contribution in [0.4, 0.5) is 4.79 Å². The van der Waals surface area contributed by atoms with Crippen LogP contribution in [-0.4, -0.2) is 46.5 Å². The number of amidine groups is 1. The maximum Gasteiger partial charge on any atom is 0.511 e. The molecule has 0 saturated heterocycles. The van der Waals surface area contributed by atoms with Crippen molar-refractivity contribution in [3.63, 3.8) is 0 Å². The number of rotatable bonds is 10. The van der Waals surface area contributed by atoms with Gasteiger partial charge in [0, 0.05) is 12.5 Å². The number of ether oxygens (including phenoxy) is 4. The highest BCUT2D eigenvalue weighted by atomic mass is 16.8. The maximum atomic E-state index is 13.3. The Balaban J connectivity index is 1.37. The number of benzene rings is 3. The first kappa shape index (κ1) is 29.6. The summed E-state index contributed by atoms with van der Waals surface area (Å²) in [5.41, 5.74) is 10.6. The number of para-hydroxylation sites is 1. The highest BCUT2D eigenvalue weighted by molar-refractivity contribution is 6.03. The number of carbonyl (C=O) groups is 2. The van der Waals surface area contributed by atoms with Gasteiger partial charge in [-0.1, -0.05) is 61.0 Å². The zero-order valence-electron chi connectivity index (χ0n) is 24.4. The summed E-state index contributed by atoms with van der Waals surface area (Å²) in [4.78, 5) is 30.2. The third-order valence-corrected chi connectivity index (χ3v) is 7.40. The SMILES string of the molecule is CCOc1nc2cccc(C(=O)OC(C)OC(=O)OC3CCCCC3)c2n1Cc1ccc(-c2ccccc2C(=N)N)cc1. The average Bonchev–Trinajstić information content (AvgIpc) is 3.34. The van der Waals surface area contributed by atoms with E-state index in [0.717, 1.165) is 48.8 Å². The lowest BCUT2D eigenvalue weighted by atomic mass is 9.98. The van der Waals surface area contributed by atoms with Gasteiger partial charge in [-0.3, -0.25) is 9.98 Å². The second kappa shape index (κ2) is 13.4. The van der Waals surface area contributed by atoms with Crippen LogP contribution < -0.4 is 10.5 Å². The van der Waals surface area contributed by atoms with Crippen LogP contribution in [0.1, 0.15) is 67.4 Å². The number of imidazole rings is 1. The maximum absolute atomic E-state index is 13.3. The van der Waals surface area contributed by atoms with Gasteiger partial charge in [0.1, 0.15) is 11.9 Å². The number of hydrogen-bond donors (Lipinski definition) is 2. The highest BCUT2D eigenvalue weighted by Gasteiger charge is 2.25. The van der Waals surface area contributed by atoms with Gasteiger partial charge in [0.05, 0.1) is 29.7 Å². The molecule has 1 heterocycles. The molecule has 1 fully saturated rings. The first-order valence-electron chi connectivity index (χ1n) is 14.6. The summed E-state index contributed by atoms with van der Waals surface area (Å²) >= 11 is 0. The van der Waals surface area contributed by atoms with Crippen molar-refractivity contribution < 1.29 is 28.5 Å². The Kier molecular flexibility index (Phi) is 9.24. The van der Waals surface area contributed by atoms with Gasteiger partial charge in [-0.05, 0) is 61.4 Å². The summed E-state index contributed by atoms with van der Waals surface area (Å²) in [6.07, 6.45) is 2.64. The molecule has 1 aromatic heterocycles. The highest BCUT2D eigenvalue weighted by Crippen LogP contribution is 2.29. The van der Waals surface area contributed by atoms with Crippen LogP contribution in [0.25, 0.3) is 22.2 Å². The van der Waals surface area contributed by atoms with Crippen molar-refractivity contribution in [2.45, 2.75) is 64.9 Å². The standard InChI is InChI=1S/C33H36N4O6/c1-3-40-32-36-28-15-9-14-27(31(38)41-21(2)42-33(39)43-24-10-5-4-6-11-24)29(28)37(32)20-22-16-18-23(19-17-22)25-12-7-8-13-26(25)30(34)35/h7-9,12-19,21,24H,3-6,10-11,20H2,1-2H3,(H3,34,35). The smallest absolute Gasteiger partial charge is 0.465 e. The zero-order chi connectivity index (χ0) is 30.3. The van der Waals surface area contributed by atoms with Crippen LogP contribution in [0, 0.1) is 5.41 Å². The van der Waals surface area contributed by atoms with E-state index in [-0.39, 0.29) is 17.5 Å². The van der Waals surface area contributed by atoms with Crippen molar-refractivity contribution in [3.05, 3.63) is 83.4 Å². The first-order chi connectivity index (χ1) is 20.8. The Bertz CT molecular complexity index is 1610. The number of nitrogen functional groups attached to an aromatic ring is 1. The predicted octanol–water partition coefficient (Wildman–Crippen LogP) is 6.42. The van der Waals surface area contributed by atoms with Crippen molar-refractivity contribution in [2.24, 2.45) is 5.73 Å². The van der Waals surface area contributed by atoms with Gasteiger partial charge in [0.25, 0.3) is 6.01 Å². The van der Waals surface area contributed by atoms with Crippen molar-refractivity contribution >= 4 is 29.0 Å². The van der Waals surface area contributed by atoms with Gasteiger partial charge in [0.2, 0.25) is 6.29 Å². The van der Waals surface area contributed by atoms with E-state index < -0.39 is 18.4 Å². The molecular weight excluding hydrogens is 548 g/mol. The van der Waals surface area contributed by atoms with Crippen molar-refractivity contribution in [1.29, 1.82) is 5.41 Å².